The van der Waals surface area contributed by atoms with Gasteiger partial charge in [0, 0.05) is 18.0 Å². The largest absolute Gasteiger partial charge is 0.468 e. The van der Waals surface area contributed by atoms with Gasteiger partial charge in [0.15, 0.2) is 0 Å². The zero-order valence-corrected chi connectivity index (χ0v) is 8.15. The van der Waals surface area contributed by atoms with Crippen LogP contribution >= 0.6 is 0 Å². The molecule has 0 aromatic carbocycles. The fourth-order valence-corrected chi connectivity index (χ4v) is 0.860. The van der Waals surface area contributed by atoms with Crippen molar-refractivity contribution in [3.63, 3.8) is 0 Å². The molecule has 0 amide bonds. The molecule has 0 saturated heterocycles. The molecule has 0 aliphatic heterocycles. The molecule has 0 fully saturated rings. The Morgan fingerprint density at radius 2 is 2.27 bits per heavy atom. The lowest BCUT2D eigenvalue weighted by molar-refractivity contribution is -0.139. The van der Waals surface area contributed by atoms with Gasteiger partial charge in [-0.1, -0.05) is 11.8 Å². The molecule has 15 heavy (non-hydrogen) atoms. The number of ether oxygens (including phenoxy) is 1. The maximum atomic E-state index is 10.7. The molecule has 1 aromatic heterocycles. The van der Waals surface area contributed by atoms with E-state index < -0.39 is 0 Å². The number of aromatic nitrogens is 1. The second kappa shape index (κ2) is 5.41. The number of methoxy groups -OCH3 is 1. The number of rotatable bonds is 1. The van der Waals surface area contributed by atoms with Gasteiger partial charge in [0.05, 0.1) is 12.7 Å². The van der Waals surface area contributed by atoms with E-state index in [4.69, 9.17) is 5.26 Å². The molecule has 0 N–H and O–H groups in total. The first-order chi connectivity index (χ1) is 7.26. The molecule has 4 nitrogen and oxygen atoms in total. The van der Waals surface area contributed by atoms with E-state index in [0.717, 1.165) is 0 Å². The van der Waals surface area contributed by atoms with E-state index in [0.29, 0.717) is 11.1 Å². The zero-order chi connectivity index (χ0) is 11.1. The summed E-state index contributed by atoms with van der Waals surface area (Å²) < 4.78 is 4.42. The van der Waals surface area contributed by atoms with Crippen molar-refractivity contribution >= 4 is 5.97 Å². The lowest BCUT2D eigenvalue weighted by atomic mass is 10.2. The summed E-state index contributed by atoms with van der Waals surface area (Å²) in [5.41, 5.74) is 1.05. The van der Waals surface area contributed by atoms with Gasteiger partial charge in [0.2, 0.25) is 0 Å². The van der Waals surface area contributed by atoms with Crippen LogP contribution in [0.3, 0.4) is 0 Å². The average molecular weight is 200 g/mol. The van der Waals surface area contributed by atoms with Crippen molar-refractivity contribution in [1.82, 2.24) is 4.98 Å². The van der Waals surface area contributed by atoms with E-state index in [9.17, 15) is 4.79 Å². The van der Waals surface area contributed by atoms with Gasteiger partial charge in [-0.05, 0) is 6.07 Å². The normalized spacial score (nSPS) is 8.27. The second-order valence-corrected chi connectivity index (χ2v) is 2.63. The molecule has 0 aliphatic rings. The first-order valence-electron chi connectivity index (χ1n) is 4.17. The number of carbonyl (C=O) groups excluding carboxylic acids is 1. The zero-order valence-electron chi connectivity index (χ0n) is 8.15. The summed E-state index contributed by atoms with van der Waals surface area (Å²) in [6.45, 7) is 0. The van der Waals surface area contributed by atoms with Crippen LogP contribution in [-0.2, 0) is 9.53 Å². The number of nitrogens with zero attached hydrogens (tertiary/aromatic N) is 2. The Balaban J connectivity index is 2.72. The van der Waals surface area contributed by atoms with Crippen LogP contribution in [0.2, 0.25) is 0 Å². The minimum absolute atomic E-state index is 0.0350. The first-order valence-corrected chi connectivity index (χ1v) is 4.17. The van der Waals surface area contributed by atoms with Gasteiger partial charge in [0.25, 0.3) is 0 Å². The standard InChI is InChI=1S/C11H8N2O2/c1-15-11(14)4-2-3-9-5-10(6-12)8-13-7-9/h5,7-8H,4H2,1H3. The molecule has 0 atom stereocenters. The van der Waals surface area contributed by atoms with Gasteiger partial charge in [-0.25, -0.2) is 0 Å². The van der Waals surface area contributed by atoms with Crippen LogP contribution in [0.15, 0.2) is 18.5 Å². The molecule has 0 bridgehead atoms. The van der Waals surface area contributed by atoms with Gasteiger partial charge in [0.1, 0.15) is 12.5 Å². The molecule has 0 unspecified atom stereocenters. The molecular formula is C11H8N2O2. The molecule has 1 heterocycles. The van der Waals surface area contributed by atoms with Crippen molar-refractivity contribution < 1.29 is 9.53 Å². The smallest absolute Gasteiger partial charge is 0.317 e. The van der Waals surface area contributed by atoms with Crippen molar-refractivity contribution in [2.45, 2.75) is 6.42 Å². The summed E-state index contributed by atoms with van der Waals surface area (Å²) in [5.74, 6) is 4.97. The first kappa shape index (κ1) is 10.7. The Bertz CT molecular complexity index is 463. The average Bonchev–Trinajstić information content (AvgIpc) is 2.29. The van der Waals surface area contributed by atoms with Crippen molar-refractivity contribution in [3.8, 4) is 17.9 Å². The lowest BCUT2D eigenvalue weighted by Crippen LogP contribution is -1.97. The molecule has 1 aromatic rings. The molecule has 0 saturated carbocycles. The van der Waals surface area contributed by atoms with E-state index in [2.05, 4.69) is 21.6 Å². The summed E-state index contributed by atoms with van der Waals surface area (Å²) in [7, 11) is 1.31. The minimum atomic E-state index is -0.383. The number of hydrogen-bond donors (Lipinski definition) is 0. The maximum absolute atomic E-state index is 10.7. The van der Waals surface area contributed by atoms with Gasteiger partial charge < -0.3 is 4.74 Å². The van der Waals surface area contributed by atoms with Gasteiger partial charge in [-0.3, -0.25) is 9.78 Å². The van der Waals surface area contributed by atoms with Gasteiger partial charge in [-0.2, -0.15) is 5.26 Å². The maximum Gasteiger partial charge on any atom is 0.317 e. The van der Waals surface area contributed by atoms with Gasteiger partial charge in [-0.15, -0.1) is 0 Å². The number of esters is 1. The van der Waals surface area contributed by atoms with E-state index in [1.807, 2.05) is 6.07 Å². The fourth-order valence-electron chi connectivity index (χ4n) is 0.860. The third-order valence-corrected chi connectivity index (χ3v) is 1.56. The highest BCUT2D eigenvalue weighted by molar-refractivity contribution is 5.72. The Hall–Kier alpha value is -2.33. The van der Waals surface area contributed by atoms with E-state index >= 15 is 0 Å². The molecule has 74 valence electrons. The van der Waals surface area contributed by atoms with Crippen LogP contribution in [0.4, 0.5) is 0 Å². The summed E-state index contributed by atoms with van der Waals surface area (Å²) >= 11 is 0. The Labute approximate surface area is 87.5 Å². The predicted octanol–water partition coefficient (Wildman–Crippen LogP) is 0.868. The highest BCUT2D eigenvalue weighted by Gasteiger charge is 1.94. The summed E-state index contributed by atoms with van der Waals surface area (Å²) in [6, 6.07) is 3.56. The number of pyridine rings is 1. The van der Waals surface area contributed by atoms with Crippen molar-refractivity contribution in [2.24, 2.45) is 0 Å². The predicted molar refractivity (Wildman–Crippen MR) is 52.5 cm³/mol. The van der Waals surface area contributed by atoms with E-state index in [1.54, 1.807) is 6.07 Å². The minimum Gasteiger partial charge on any atom is -0.468 e. The topological polar surface area (TPSA) is 63.0 Å². The Morgan fingerprint density at radius 1 is 1.53 bits per heavy atom. The fraction of sp³-hybridized carbons (Fsp3) is 0.182. The van der Waals surface area contributed by atoms with Gasteiger partial charge >= 0.3 is 5.97 Å². The molecule has 0 spiro atoms. The van der Waals surface area contributed by atoms with Crippen LogP contribution < -0.4 is 0 Å². The molecule has 1 rings (SSSR count). The SMILES string of the molecule is COC(=O)CC#Cc1cncc(C#N)c1. The number of hydrogen-bond acceptors (Lipinski definition) is 4. The summed E-state index contributed by atoms with van der Waals surface area (Å²) in [5, 5.41) is 8.60. The van der Waals surface area contributed by atoms with Crippen molar-refractivity contribution in [2.75, 3.05) is 7.11 Å². The summed E-state index contributed by atoms with van der Waals surface area (Å²) in [6.07, 6.45) is 3.02. The molecule has 0 radical (unpaired) electrons. The highest BCUT2D eigenvalue weighted by atomic mass is 16.5. The van der Waals surface area contributed by atoms with Crippen LogP contribution in [0.5, 0.6) is 0 Å². The third-order valence-electron chi connectivity index (χ3n) is 1.56. The number of carbonyl (C=O) groups is 1. The van der Waals surface area contributed by atoms with Crippen molar-refractivity contribution in [3.05, 3.63) is 29.6 Å². The molecule has 4 heteroatoms. The summed E-state index contributed by atoms with van der Waals surface area (Å²) in [4.78, 5) is 14.6. The highest BCUT2D eigenvalue weighted by Crippen LogP contribution is 1.99. The molecular weight excluding hydrogens is 192 g/mol. The third kappa shape index (κ3) is 3.50. The van der Waals surface area contributed by atoms with Crippen LogP contribution in [0, 0.1) is 23.2 Å². The van der Waals surface area contributed by atoms with E-state index in [-0.39, 0.29) is 12.4 Å². The Kier molecular flexibility index (Phi) is 3.88. The number of nitriles is 1. The van der Waals surface area contributed by atoms with Crippen LogP contribution in [-0.4, -0.2) is 18.1 Å². The quantitative estimate of drug-likeness (QED) is 0.498. The Morgan fingerprint density at radius 3 is 2.93 bits per heavy atom. The monoisotopic (exact) mass is 200 g/mol. The lowest BCUT2D eigenvalue weighted by Gasteiger charge is -1.91. The molecule has 0 aliphatic carbocycles. The van der Waals surface area contributed by atoms with Crippen LogP contribution in [0.1, 0.15) is 17.5 Å². The van der Waals surface area contributed by atoms with Crippen molar-refractivity contribution in [1.29, 1.82) is 5.26 Å². The second-order valence-electron chi connectivity index (χ2n) is 2.63. The van der Waals surface area contributed by atoms with E-state index in [1.165, 1.54) is 19.5 Å². The van der Waals surface area contributed by atoms with Crippen LogP contribution in [0.25, 0.3) is 0 Å².